The maximum atomic E-state index is 13.0. The highest BCUT2D eigenvalue weighted by molar-refractivity contribution is 5.78. The van der Waals surface area contributed by atoms with E-state index in [1.807, 2.05) is 19.9 Å². The van der Waals surface area contributed by atoms with E-state index in [2.05, 4.69) is 12.1 Å². The van der Waals surface area contributed by atoms with Crippen molar-refractivity contribution in [2.45, 2.75) is 13.8 Å². The van der Waals surface area contributed by atoms with Crippen molar-refractivity contribution >= 4 is 6.08 Å². The van der Waals surface area contributed by atoms with Gasteiger partial charge in [-0.25, -0.2) is 4.39 Å². The van der Waals surface area contributed by atoms with E-state index in [-0.39, 0.29) is 5.82 Å². The number of nitriles is 1. The number of allylic oxidation sites excluding steroid dienone is 1. The average Bonchev–Trinajstić information content (AvgIpc) is 2.38. The molecule has 0 spiro atoms. The van der Waals surface area contributed by atoms with E-state index in [4.69, 9.17) is 5.26 Å². The molecule has 0 N–H and O–H groups in total. The fourth-order valence-electron chi connectivity index (χ4n) is 2.19. The first-order valence-electron chi connectivity index (χ1n) is 6.05. The first kappa shape index (κ1) is 13.0. The highest BCUT2D eigenvalue weighted by Crippen LogP contribution is 2.29. The number of nitrogens with zero attached hydrogens (tertiary/aromatic N) is 1. The second-order valence-corrected chi connectivity index (χ2v) is 4.51. The molecule has 0 bridgehead atoms. The zero-order chi connectivity index (χ0) is 13.8. The lowest BCUT2D eigenvalue weighted by molar-refractivity contribution is 0.628. The van der Waals surface area contributed by atoms with Crippen LogP contribution in [-0.2, 0) is 0 Å². The van der Waals surface area contributed by atoms with E-state index in [0.717, 1.165) is 27.8 Å². The fourth-order valence-corrected chi connectivity index (χ4v) is 2.19. The van der Waals surface area contributed by atoms with Gasteiger partial charge in [0, 0.05) is 6.08 Å². The van der Waals surface area contributed by atoms with E-state index >= 15 is 0 Å². The molecular weight excluding hydrogens is 237 g/mol. The minimum absolute atomic E-state index is 0.248. The summed E-state index contributed by atoms with van der Waals surface area (Å²) in [6.07, 6.45) is 3.26. The zero-order valence-electron chi connectivity index (χ0n) is 10.9. The Kier molecular flexibility index (Phi) is 3.77. The van der Waals surface area contributed by atoms with Gasteiger partial charge in [-0.1, -0.05) is 29.8 Å². The van der Waals surface area contributed by atoms with E-state index in [9.17, 15) is 4.39 Å². The Morgan fingerprint density at radius 1 is 1.11 bits per heavy atom. The number of rotatable bonds is 2. The third kappa shape index (κ3) is 2.89. The Morgan fingerprint density at radius 2 is 1.79 bits per heavy atom. The molecule has 0 aliphatic rings. The van der Waals surface area contributed by atoms with Crippen molar-refractivity contribution in [3.63, 3.8) is 0 Å². The van der Waals surface area contributed by atoms with Gasteiger partial charge in [-0.2, -0.15) is 5.26 Å². The van der Waals surface area contributed by atoms with Crippen LogP contribution in [0.3, 0.4) is 0 Å². The standard InChI is InChI=1S/C17H14FN/c1-12-10-13(2)16(4-3-9-19)17(11-12)14-5-7-15(18)8-6-14/h3-8,10-11H,1-2H3/b4-3+. The fraction of sp³-hybridized carbons (Fsp3) is 0.118. The van der Waals surface area contributed by atoms with Gasteiger partial charge in [-0.3, -0.25) is 0 Å². The average molecular weight is 251 g/mol. The molecule has 0 saturated heterocycles. The largest absolute Gasteiger partial charge is 0.207 e. The van der Waals surface area contributed by atoms with Crippen LogP contribution < -0.4 is 0 Å². The SMILES string of the molecule is Cc1cc(C)c(/C=C/C#N)c(-c2ccc(F)cc2)c1. The van der Waals surface area contributed by atoms with Crippen molar-refractivity contribution in [2.75, 3.05) is 0 Å². The zero-order valence-corrected chi connectivity index (χ0v) is 10.9. The van der Waals surface area contributed by atoms with Crippen LogP contribution in [0.1, 0.15) is 16.7 Å². The predicted octanol–water partition coefficient (Wildman–Crippen LogP) is 4.65. The highest BCUT2D eigenvalue weighted by Gasteiger charge is 2.07. The molecular formula is C17H14FN. The molecule has 2 aromatic rings. The van der Waals surface area contributed by atoms with Gasteiger partial charge in [0.1, 0.15) is 5.82 Å². The molecule has 2 aromatic carbocycles. The molecule has 0 amide bonds. The molecule has 0 aromatic heterocycles. The maximum Gasteiger partial charge on any atom is 0.123 e. The van der Waals surface area contributed by atoms with Crippen molar-refractivity contribution in [1.82, 2.24) is 0 Å². The van der Waals surface area contributed by atoms with Gasteiger partial charge in [0.05, 0.1) is 6.07 Å². The molecule has 94 valence electrons. The van der Waals surface area contributed by atoms with Crippen LogP contribution in [0.2, 0.25) is 0 Å². The smallest absolute Gasteiger partial charge is 0.123 e. The van der Waals surface area contributed by atoms with Crippen LogP contribution >= 0.6 is 0 Å². The third-order valence-electron chi connectivity index (χ3n) is 3.01. The van der Waals surface area contributed by atoms with Crippen LogP contribution in [0.5, 0.6) is 0 Å². The lowest BCUT2D eigenvalue weighted by atomic mass is 9.93. The summed E-state index contributed by atoms with van der Waals surface area (Å²) >= 11 is 0. The second kappa shape index (κ2) is 5.49. The molecule has 2 heteroatoms. The van der Waals surface area contributed by atoms with Crippen LogP contribution in [0.15, 0.2) is 42.5 Å². The Bertz CT molecular complexity index is 661. The number of aryl methyl sites for hydroxylation is 2. The molecule has 0 aliphatic carbocycles. The first-order valence-corrected chi connectivity index (χ1v) is 6.05. The number of benzene rings is 2. The monoisotopic (exact) mass is 251 g/mol. The van der Waals surface area contributed by atoms with E-state index < -0.39 is 0 Å². The normalized spacial score (nSPS) is 10.6. The summed E-state index contributed by atoms with van der Waals surface area (Å²) < 4.78 is 13.0. The summed E-state index contributed by atoms with van der Waals surface area (Å²) in [6.45, 7) is 4.04. The summed E-state index contributed by atoms with van der Waals surface area (Å²) in [7, 11) is 0. The summed E-state index contributed by atoms with van der Waals surface area (Å²) in [4.78, 5) is 0. The summed E-state index contributed by atoms with van der Waals surface area (Å²) in [6, 6.07) is 12.5. The number of halogens is 1. The van der Waals surface area contributed by atoms with Crippen LogP contribution in [0.4, 0.5) is 4.39 Å². The first-order chi connectivity index (χ1) is 9.11. The van der Waals surface area contributed by atoms with Crippen molar-refractivity contribution in [3.8, 4) is 17.2 Å². The minimum atomic E-state index is -0.248. The number of hydrogen-bond donors (Lipinski definition) is 0. The Balaban J connectivity index is 2.64. The topological polar surface area (TPSA) is 23.8 Å². The Hall–Kier alpha value is -2.40. The van der Waals surface area contributed by atoms with E-state index in [0.29, 0.717) is 0 Å². The lowest BCUT2D eigenvalue weighted by Crippen LogP contribution is -1.90. The van der Waals surface area contributed by atoms with E-state index in [1.54, 1.807) is 18.2 Å². The third-order valence-corrected chi connectivity index (χ3v) is 3.01. The van der Waals surface area contributed by atoms with Crippen molar-refractivity contribution < 1.29 is 4.39 Å². The van der Waals surface area contributed by atoms with Crippen molar-refractivity contribution in [1.29, 1.82) is 5.26 Å². The molecule has 0 fully saturated rings. The van der Waals surface area contributed by atoms with Gasteiger partial charge in [0.25, 0.3) is 0 Å². The molecule has 0 aliphatic heterocycles. The quantitative estimate of drug-likeness (QED) is 0.713. The van der Waals surface area contributed by atoms with Gasteiger partial charge >= 0.3 is 0 Å². The molecule has 1 nitrogen and oxygen atoms in total. The Morgan fingerprint density at radius 3 is 2.42 bits per heavy atom. The van der Waals surface area contributed by atoms with E-state index in [1.165, 1.54) is 18.2 Å². The molecule has 0 heterocycles. The highest BCUT2D eigenvalue weighted by atomic mass is 19.1. The van der Waals surface area contributed by atoms with Gasteiger partial charge < -0.3 is 0 Å². The minimum Gasteiger partial charge on any atom is -0.207 e. The molecule has 0 saturated carbocycles. The second-order valence-electron chi connectivity index (χ2n) is 4.51. The number of hydrogen-bond acceptors (Lipinski definition) is 1. The summed E-state index contributed by atoms with van der Waals surface area (Å²) in [5.74, 6) is -0.248. The molecule has 0 atom stereocenters. The van der Waals surface area contributed by atoms with Gasteiger partial charge in [0.2, 0.25) is 0 Å². The molecule has 0 unspecified atom stereocenters. The molecule has 0 radical (unpaired) electrons. The maximum absolute atomic E-state index is 13.0. The van der Waals surface area contributed by atoms with Gasteiger partial charge in [-0.15, -0.1) is 0 Å². The van der Waals surface area contributed by atoms with Gasteiger partial charge in [-0.05, 0) is 54.3 Å². The van der Waals surface area contributed by atoms with Crippen molar-refractivity contribution in [2.24, 2.45) is 0 Å². The summed E-state index contributed by atoms with van der Waals surface area (Å²) in [5.41, 5.74) is 5.21. The van der Waals surface area contributed by atoms with Crippen LogP contribution in [0, 0.1) is 31.0 Å². The lowest BCUT2D eigenvalue weighted by Gasteiger charge is -2.11. The Labute approximate surface area is 112 Å². The van der Waals surface area contributed by atoms with Crippen molar-refractivity contribution in [3.05, 3.63) is 65.0 Å². The van der Waals surface area contributed by atoms with Gasteiger partial charge in [0.15, 0.2) is 0 Å². The molecule has 2 rings (SSSR count). The summed E-state index contributed by atoms with van der Waals surface area (Å²) in [5, 5.41) is 8.68. The molecule has 19 heavy (non-hydrogen) atoms. The predicted molar refractivity (Wildman–Crippen MR) is 76.0 cm³/mol. The van der Waals surface area contributed by atoms with Crippen LogP contribution in [-0.4, -0.2) is 0 Å². The van der Waals surface area contributed by atoms with Crippen LogP contribution in [0.25, 0.3) is 17.2 Å².